The van der Waals surface area contributed by atoms with Crippen molar-refractivity contribution in [2.75, 3.05) is 37.7 Å². The van der Waals surface area contributed by atoms with Crippen LogP contribution in [0.25, 0.3) is 11.5 Å². The van der Waals surface area contributed by atoms with E-state index >= 15 is 0 Å². The second-order valence-electron chi connectivity index (χ2n) is 7.21. The second kappa shape index (κ2) is 9.99. The van der Waals surface area contributed by atoms with Crippen molar-refractivity contribution < 1.29 is 23.2 Å². The fourth-order valence-electron chi connectivity index (χ4n) is 3.38. The van der Waals surface area contributed by atoms with Gasteiger partial charge in [-0.25, -0.2) is 4.39 Å². The molecule has 1 aliphatic rings. The summed E-state index contributed by atoms with van der Waals surface area (Å²) in [6.45, 7) is 1.56. The molecule has 0 atom stereocenters. The molecule has 1 saturated heterocycles. The number of carbonyl (C=O) groups excluding carboxylic acids is 2. The molecule has 1 fully saturated rings. The van der Waals surface area contributed by atoms with Crippen molar-refractivity contribution >= 4 is 17.6 Å². The van der Waals surface area contributed by atoms with Crippen molar-refractivity contribution in [3.63, 3.8) is 0 Å². The Morgan fingerprint density at radius 1 is 1.06 bits per heavy atom. The van der Waals surface area contributed by atoms with Gasteiger partial charge in [0.05, 0.1) is 12.1 Å². The summed E-state index contributed by atoms with van der Waals surface area (Å²) in [5.41, 5.74) is 1.10. The van der Waals surface area contributed by atoms with Crippen LogP contribution >= 0.6 is 0 Å². The van der Waals surface area contributed by atoms with E-state index in [0.29, 0.717) is 43.4 Å². The minimum atomic E-state index is -0.527. The lowest BCUT2D eigenvalue weighted by molar-refractivity contribution is -0.152. The number of aromatic nitrogens is 3. The minimum absolute atomic E-state index is 0.0121. The van der Waals surface area contributed by atoms with Crippen molar-refractivity contribution in [1.82, 2.24) is 20.0 Å². The number of rotatable bonds is 7. The number of hydrogen-bond donors (Lipinski definition) is 0. The van der Waals surface area contributed by atoms with Gasteiger partial charge in [-0.05, 0) is 24.3 Å². The number of amides is 1. The van der Waals surface area contributed by atoms with E-state index < -0.39 is 5.97 Å². The first-order valence-electron chi connectivity index (χ1n) is 10.3. The van der Waals surface area contributed by atoms with Gasteiger partial charge in [0.25, 0.3) is 5.91 Å². The molecule has 1 amide bonds. The molecule has 2 aromatic heterocycles. The lowest BCUT2D eigenvalue weighted by Crippen LogP contribution is -2.50. The van der Waals surface area contributed by atoms with Crippen molar-refractivity contribution in [1.29, 1.82) is 0 Å². The van der Waals surface area contributed by atoms with Gasteiger partial charge in [0.15, 0.2) is 6.61 Å². The zero-order valence-electron chi connectivity index (χ0n) is 17.3. The number of hydrogen-bond acceptors (Lipinski definition) is 8. The van der Waals surface area contributed by atoms with Gasteiger partial charge in [-0.2, -0.15) is 4.98 Å². The highest BCUT2D eigenvalue weighted by Crippen LogP contribution is 2.20. The first-order valence-corrected chi connectivity index (χ1v) is 10.3. The zero-order valence-corrected chi connectivity index (χ0v) is 17.3. The van der Waals surface area contributed by atoms with Gasteiger partial charge < -0.3 is 19.1 Å². The highest BCUT2D eigenvalue weighted by molar-refractivity contribution is 5.81. The van der Waals surface area contributed by atoms with Crippen LogP contribution in [0.4, 0.5) is 10.1 Å². The second-order valence-corrected chi connectivity index (χ2v) is 7.21. The number of aryl methyl sites for hydroxylation is 1. The Labute approximate surface area is 183 Å². The van der Waals surface area contributed by atoms with Crippen LogP contribution in [0.1, 0.15) is 12.3 Å². The first-order chi connectivity index (χ1) is 15.6. The summed E-state index contributed by atoms with van der Waals surface area (Å²) in [5.74, 6) is -0.450. The van der Waals surface area contributed by atoms with Crippen molar-refractivity contribution in [2.24, 2.45) is 0 Å². The highest BCUT2D eigenvalue weighted by Gasteiger charge is 2.23. The molecular weight excluding hydrogens is 417 g/mol. The zero-order chi connectivity index (χ0) is 22.3. The molecule has 10 heteroatoms. The van der Waals surface area contributed by atoms with Crippen LogP contribution in [0, 0.1) is 5.82 Å². The number of esters is 1. The smallest absolute Gasteiger partial charge is 0.306 e. The molecule has 4 rings (SSSR count). The fourth-order valence-corrected chi connectivity index (χ4v) is 3.38. The minimum Gasteiger partial charge on any atom is -0.456 e. The van der Waals surface area contributed by atoms with Crippen molar-refractivity contribution in [3.05, 3.63) is 60.4 Å². The quantitative estimate of drug-likeness (QED) is 0.516. The lowest BCUT2D eigenvalue weighted by Gasteiger charge is -2.36. The van der Waals surface area contributed by atoms with Gasteiger partial charge in [-0.15, -0.1) is 0 Å². The Bertz CT molecular complexity index is 1070. The number of benzene rings is 1. The molecule has 3 aromatic rings. The summed E-state index contributed by atoms with van der Waals surface area (Å²) in [6.07, 6.45) is 1.84. The van der Waals surface area contributed by atoms with E-state index in [4.69, 9.17) is 9.26 Å². The summed E-state index contributed by atoms with van der Waals surface area (Å²) >= 11 is 0. The van der Waals surface area contributed by atoms with Crippen LogP contribution < -0.4 is 4.90 Å². The molecule has 0 saturated carbocycles. The SMILES string of the molecule is O=C(CCc1nc(-c2ccccn2)no1)OCC(=O)N1CCN(c2ccccc2F)CC1. The molecule has 0 spiro atoms. The molecule has 0 aliphatic carbocycles. The summed E-state index contributed by atoms with van der Waals surface area (Å²) in [6, 6.07) is 11.9. The fraction of sp³-hybridized carbons (Fsp3) is 0.318. The third kappa shape index (κ3) is 5.26. The average Bonchev–Trinajstić information content (AvgIpc) is 3.31. The summed E-state index contributed by atoms with van der Waals surface area (Å²) < 4.78 is 24.1. The number of piperazine rings is 1. The average molecular weight is 439 g/mol. The largest absolute Gasteiger partial charge is 0.456 e. The van der Waals surface area contributed by atoms with Gasteiger partial charge in [-0.1, -0.05) is 23.4 Å². The van der Waals surface area contributed by atoms with Crippen LogP contribution in [0.5, 0.6) is 0 Å². The Morgan fingerprint density at radius 3 is 2.59 bits per heavy atom. The molecule has 1 aliphatic heterocycles. The van der Waals surface area contributed by atoms with Gasteiger partial charge in [0.1, 0.15) is 11.5 Å². The number of anilines is 1. The molecule has 0 bridgehead atoms. The lowest BCUT2D eigenvalue weighted by atomic mass is 10.2. The molecule has 1 aromatic carbocycles. The van der Waals surface area contributed by atoms with E-state index in [1.54, 1.807) is 41.4 Å². The topological polar surface area (TPSA) is 102 Å². The maximum absolute atomic E-state index is 13.9. The Morgan fingerprint density at radius 2 is 1.84 bits per heavy atom. The van der Waals surface area contributed by atoms with Gasteiger partial charge >= 0.3 is 5.97 Å². The molecule has 32 heavy (non-hydrogen) atoms. The van der Waals surface area contributed by atoms with Crippen molar-refractivity contribution in [3.8, 4) is 11.5 Å². The first kappa shape index (κ1) is 21.4. The molecule has 0 unspecified atom stereocenters. The van der Waals surface area contributed by atoms with Crippen LogP contribution in [0.3, 0.4) is 0 Å². The van der Waals surface area contributed by atoms with Gasteiger partial charge in [-0.3, -0.25) is 14.6 Å². The summed E-state index contributed by atoms with van der Waals surface area (Å²) in [7, 11) is 0. The van der Waals surface area contributed by atoms with Crippen LogP contribution in [-0.2, 0) is 20.7 Å². The van der Waals surface area contributed by atoms with E-state index in [9.17, 15) is 14.0 Å². The van der Waals surface area contributed by atoms with Gasteiger partial charge in [0.2, 0.25) is 11.7 Å². The number of para-hydroxylation sites is 1. The molecule has 3 heterocycles. The van der Waals surface area contributed by atoms with E-state index in [1.807, 2.05) is 11.0 Å². The Kier molecular flexibility index (Phi) is 6.69. The molecular formula is C22H22FN5O4. The maximum Gasteiger partial charge on any atom is 0.306 e. The third-order valence-corrected chi connectivity index (χ3v) is 5.09. The molecule has 9 nitrogen and oxygen atoms in total. The Balaban J connectivity index is 1.18. The van der Waals surface area contributed by atoms with E-state index in [2.05, 4.69) is 15.1 Å². The maximum atomic E-state index is 13.9. The summed E-state index contributed by atoms with van der Waals surface area (Å²) in [4.78, 5) is 36.2. The predicted octanol–water partition coefficient (Wildman–Crippen LogP) is 2.10. The number of pyridine rings is 1. The predicted molar refractivity (Wildman–Crippen MR) is 112 cm³/mol. The van der Waals surface area contributed by atoms with Crippen molar-refractivity contribution in [2.45, 2.75) is 12.8 Å². The monoisotopic (exact) mass is 439 g/mol. The summed E-state index contributed by atoms with van der Waals surface area (Å²) in [5, 5.41) is 3.84. The van der Waals surface area contributed by atoms with Gasteiger partial charge in [0, 0.05) is 38.8 Å². The van der Waals surface area contributed by atoms with E-state index in [1.165, 1.54) is 6.07 Å². The van der Waals surface area contributed by atoms with E-state index in [0.717, 1.165) is 0 Å². The Hall–Kier alpha value is -3.82. The number of ether oxygens (including phenoxy) is 1. The number of carbonyl (C=O) groups is 2. The molecule has 166 valence electrons. The highest BCUT2D eigenvalue weighted by atomic mass is 19.1. The third-order valence-electron chi connectivity index (χ3n) is 5.09. The van der Waals surface area contributed by atoms with Crippen LogP contribution in [0.2, 0.25) is 0 Å². The van der Waals surface area contributed by atoms with Crippen LogP contribution in [-0.4, -0.2) is 64.7 Å². The van der Waals surface area contributed by atoms with E-state index in [-0.39, 0.29) is 37.1 Å². The van der Waals surface area contributed by atoms with Crippen LogP contribution in [0.15, 0.2) is 53.2 Å². The molecule has 0 N–H and O–H groups in total. The standard InChI is InChI=1S/C22H22FN5O4/c23-16-5-1-2-7-18(16)27-11-13-28(14-12-27)20(29)15-31-21(30)9-8-19-25-22(26-32-19)17-6-3-4-10-24-17/h1-7,10H,8-9,11-15H2. The number of halogens is 1. The normalized spacial score (nSPS) is 13.8. The molecule has 0 radical (unpaired) electrons. The number of nitrogens with zero attached hydrogens (tertiary/aromatic N) is 5.